The Labute approximate surface area is 236 Å². The first-order valence-electron chi connectivity index (χ1n) is 12.2. The van der Waals surface area contributed by atoms with E-state index >= 15 is 0 Å². The van der Waals surface area contributed by atoms with E-state index in [0.29, 0.717) is 34.1 Å². The zero-order chi connectivity index (χ0) is 27.5. The van der Waals surface area contributed by atoms with E-state index in [1.165, 1.54) is 4.90 Å². The second-order valence-electron chi connectivity index (χ2n) is 9.21. The molecule has 4 aromatic rings. The summed E-state index contributed by atoms with van der Waals surface area (Å²) in [6.07, 6.45) is 3.26. The van der Waals surface area contributed by atoms with Crippen LogP contribution in [0.2, 0.25) is 10.0 Å². The number of aliphatic hydroxyl groups is 1. The minimum atomic E-state index is -0.881. The molecule has 3 aromatic carbocycles. The van der Waals surface area contributed by atoms with E-state index in [4.69, 9.17) is 27.9 Å². The quantitative estimate of drug-likeness (QED) is 0.151. The van der Waals surface area contributed by atoms with Crippen molar-refractivity contribution in [1.29, 1.82) is 0 Å². The number of amides is 1. The van der Waals surface area contributed by atoms with Crippen molar-refractivity contribution in [2.75, 3.05) is 0 Å². The van der Waals surface area contributed by atoms with E-state index < -0.39 is 17.7 Å². The molecule has 0 bridgehead atoms. The number of carbonyl (C=O) groups excluding carboxylic acids is 2. The molecule has 0 saturated carbocycles. The fourth-order valence-electron chi connectivity index (χ4n) is 4.64. The van der Waals surface area contributed by atoms with Crippen LogP contribution in [0.1, 0.15) is 33.9 Å². The van der Waals surface area contributed by atoms with Gasteiger partial charge in [-0.2, -0.15) is 0 Å². The number of aliphatic hydroxyl groups excluding tert-OH is 1. The number of rotatable bonds is 7. The van der Waals surface area contributed by atoms with Gasteiger partial charge in [-0.25, -0.2) is 0 Å². The minimum absolute atomic E-state index is 0.0247. The van der Waals surface area contributed by atoms with Gasteiger partial charge in [0.15, 0.2) is 0 Å². The second-order valence-corrected chi connectivity index (χ2v) is 10.0. The van der Waals surface area contributed by atoms with Crippen molar-refractivity contribution in [3.8, 4) is 5.75 Å². The third-order valence-electron chi connectivity index (χ3n) is 6.58. The number of benzene rings is 3. The van der Waals surface area contributed by atoms with Crippen LogP contribution in [0.5, 0.6) is 5.75 Å². The van der Waals surface area contributed by atoms with Gasteiger partial charge in [0.25, 0.3) is 11.7 Å². The lowest BCUT2D eigenvalue weighted by Gasteiger charge is -2.25. The molecule has 1 aromatic heterocycles. The van der Waals surface area contributed by atoms with Crippen LogP contribution in [0, 0.1) is 6.92 Å². The number of halogens is 2. The molecule has 1 saturated heterocycles. The molecule has 8 heteroatoms. The van der Waals surface area contributed by atoms with Crippen molar-refractivity contribution >= 4 is 40.7 Å². The van der Waals surface area contributed by atoms with Gasteiger partial charge in [-0.05, 0) is 65.6 Å². The van der Waals surface area contributed by atoms with Crippen molar-refractivity contribution < 1.29 is 19.4 Å². The first-order valence-corrected chi connectivity index (χ1v) is 13.0. The van der Waals surface area contributed by atoms with Gasteiger partial charge in [-0.1, -0.05) is 65.7 Å². The van der Waals surface area contributed by atoms with Gasteiger partial charge in [0.2, 0.25) is 0 Å². The highest BCUT2D eigenvalue weighted by Crippen LogP contribution is 2.42. The smallest absolute Gasteiger partial charge is 0.295 e. The summed E-state index contributed by atoms with van der Waals surface area (Å²) in [7, 11) is 0. The summed E-state index contributed by atoms with van der Waals surface area (Å²) in [6.45, 7) is 2.32. The van der Waals surface area contributed by atoms with E-state index in [-0.39, 0.29) is 22.9 Å². The summed E-state index contributed by atoms with van der Waals surface area (Å²) in [5.74, 6) is -1.16. The maximum Gasteiger partial charge on any atom is 0.295 e. The van der Waals surface area contributed by atoms with Crippen molar-refractivity contribution in [2.24, 2.45) is 0 Å². The Kier molecular flexibility index (Phi) is 7.68. The molecule has 0 unspecified atom stereocenters. The van der Waals surface area contributed by atoms with Crippen molar-refractivity contribution in [1.82, 2.24) is 9.88 Å². The molecular weight excluding hydrogens is 535 g/mol. The molecule has 0 aliphatic carbocycles. The largest absolute Gasteiger partial charge is 0.507 e. The summed E-state index contributed by atoms with van der Waals surface area (Å²) in [6, 6.07) is 22.6. The lowest BCUT2D eigenvalue weighted by atomic mass is 9.93. The Morgan fingerprint density at radius 2 is 1.72 bits per heavy atom. The molecule has 39 heavy (non-hydrogen) atoms. The summed E-state index contributed by atoms with van der Waals surface area (Å²) in [5, 5.41) is 12.1. The molecule has 5 rings (SSSR count). The van der Waals surface area contributed by atoms with Crippen LogP contribution in [0.4, 0.5) is 0 Å². The first kappa shape index (κ1) is 26.5. The molecule has 0 spiro atoms. The maximum absolute atomic E-state index is 13.4. The van der Waals surface area contributed by atoms with E-state index in [2.05, 4.69) is 4.98 Å². The molecule has 1 fully saturated rings. The fraction of sp³-hybridized carbons (Fsp3) is 0.129. The molecule has 2 heterocycles. The number of carbonyl (C=O) groups is 2. The Bertz CT molecular complexity index is 1570. The van der Waals surface area contributed by atoms with Gasteiger partial charge in [-0.15, -0.1) is 0 Å². The highest BCUT2D eigenvalue weighted by molar-refractivity contribution is 6.46. The van der Waals surface area contributed by atoms with Gasteiger partial charge in [0.1, 0.15) is 18.1 Å². The molecule has 1 aliphatic rings. The number of hydrogen-bond acceptors (Lipinski definition) is 5. The summed E-state index contributed by atoms with van der Waals surface area (Å²) in [5.41, 5.74) is 3.40. The number of aryl methyl sites for hydroxylation is 1. The third kappa shape index (κ3) is 5.53. The lowest BCUT2D eigenvalue weighted by Crippen LogP contribution is -2.29. The maximum atomic E-state index is 13.4. The number of nitrogens with zero attached hydrogens (tertiary/aromatic N) is 2. The Hall–Kier alpha value is -4.13. The van der Waals surface area contributed by atoms with Gasteiger partial charge in [0.05, 0.1) is 21.7 Å². The average Bonchev–Trinajstić information content (AvgIpc) is 3.19. The van der Waals surface area contributed by atoms with Crippen molar-refractivity contribution in [2.45, 2.75) is 26.1 Å². The van der Waals surface area contributed by atoms with Crippen molar-refractivity contribution in [3.05, 3.63) is 135 Å². The summed E-state index contributed by atoms with van der Waals surface area (Å²) >= 11 is 12.5. The zero-order valence-corrected chi connectivity index (χ0v) is 22.5. The fourth-order valence-corrected chi connectivity index (χ4v) is 4.94. The van der Waals surface area contributed by atoms with E-state index in [9.17, 15) is 14.7 Å². The van der Waals surface area contributed by atoms with E-state index in [1.54, 1.807) is 54.9 Å². The Balaban J connectivity index is 1.54. The predicted molar refractivity (Wildman–Crippen MR) is 150 cm³/mol. The number of likely N-dealkylation sites (tertiary alicyclic amines) is 1. The standard InChI is InChI=1S/C31H24Cl2N2O4/c1-19-14-23(39-18-20-6-3-2-4-7-20)10-11-24(19)29(36)27-28(22-9-12-25(32)26(33)15-22)35(31(38)30(27)37)17-21-8-5-13-34-16-21/h2-16,28,36H,17-18H2,1H3/b29-27+/t28-/m1/s1. The van der Waals surface area contributed by atoms with Crippen LogP contribution in [0.3, 0.4) is 0 Å². The molecule has 1 N–H and O–H groups in total. The van der Waals surface area contributed by atoms with Gasteiger partial charge in [-0.3, -0.25) is 14.6 Å². The van der Waals surface area contributed by atoms with Crippen LogP contribution in [0.25, 0.3) is 5.76 Å². The van der Waals surface area contributed by atoms with E-state index in [1.807, 2.05) is 43.3 Å². The van der Waals surface area contributed by atoms with Crippen LogP contribution >= 0.6 is 23.2 Å². The molecular formula is C31H24Cl2N2O4. The van der Waals surface area contributed by atoms with Crippen LogP contribution < -0.4 is 4.74 Å². The van der Waals surface area contributed by atoms with Crippen molar-refractivity contribution in [3.63, 3.8) is 0 Å². The molecule has 196 valence electrons. The molecule has 1 aliphatic heterocycles. The number of pyridine rings is 1. The number of hydrogen-bond donors (Lipinski definition) is 1. The Morgan fingerprint density at radius 3 is 2.41 bits per heavy atom. The summed E-state index contributed by atoms with van der Waals surface area (Å²) < 4.78 is 5.91. The third-order valence-corrected chi connectivity index (χ3v) is 7.32. The highest BCUT2D eigenvalue weighted by Gasteiger charge is 2.46. The van der Waals surface area contributed by atoms with Gasteiger partial charge < -0.3 is 14.7 Å². The summed E-state index contributed by atoms with van der Waals surface area (Å²) in [4.78, 5) is 32.2. The topological polar surface area (TPSA) is 79.7 Å². The molecule has 1 amide bonds. The average molecular weight is 559 g/mol. The zero-order valence-electron chi connectivity index (χ0n) is 21.0. The van der Waals surface area contributed by atoms with Gasteiger partial charge in [0, 0.05) is 24.5 Å². The molecule has 1 atom stereocenters. The molecule has 6 nitrogen and oxygen atoms in total. The Morgan fingerprint density at radius 1 is 0.949 bits per heavy atom. The van der Waals surface area contributed by atoms with Gasteiger partial charge >= 0.3 is 0 Å². The SMILES string of the molecule is Cc1cc(OCc2ccccc2)ccc1/C(O)=C1\C(=O)C(=O)N(Cc2cccnc2)[C@@H]1c1ccc(Cl)c(Cl)c1. The van der Waals surface area contributed by atoms with E-state index in [0.717, 1.165) is 11.1 Å². The monoisotopic (exact) mass is 558 g/mol. The highest BCUT2D eigenvalue weighted by atomic mass is 35.5. The lowest BCUT2D eigenvalue weighted by molar-refractivity contribution is -0.140. The molecule has 0 radical (unpaired) electrons. The van der Waals surface area contributed by atoms with Crippen LogP contribution in [0.15, 0.2) is 96.8 Å². The number of ether oxygens (including phenoxy) is 1. The second kappa shape index (κ2) is 11.3. The number of aromatic nitrogens is 1. The number of Topliss-reactive ketones (excluding diaryl/α,β-unsaturated/α-hetero) is 1. The predicted octanol–water partition coefficient (Wildman–Crippen LogP) is 6.90. The first-order chi connectivity index (χ1) is 18.8. The minimum Gasteiger partial charge on any atom is -0.507 e. The van der Waals surface area contributed by atoms with Crippen LogP contribution in [-0.4, -0.2) is 26.7 Å². The van der Waals surface area contributed by atoms with Crippen LogP contribution in [-0.2, 0) is 22.7 Å². The normalized spacial score (nSPS) is 16.5. The number of ketones is 1.